The maximum absolute atomic E-state index is 12.0. The van der Waals surface area contributed by atoms with Crippen LogP contribution in [0.2, 0.25) is 5.02 Å². The maximum Gasteiger partial charge on any atom is 0.345 e. The standard InChI is InChI=1S/C18H17ClN2O5/c1-12(13-5-3-2-4-6-13)10-20-17(22)11-26-18(23)15-8-7-14(19)9-16(15)21(24)25/h2-9,12H,10-11H2,1H3,(H,20,22)/t12-/m0/s1. The number of carbonyl (C=O) groups is 2. The first-order chi connectivity index (χ1) is 12.4. The van der Waals surface area contributed by atoms with Crippen molar-refractivity contribution in [2.24, 2.45) is 0 Å². The molecule has 0 spiro atoms. The molecule has 0 radical (unpaired) electrons. The fourth-order valence-electron chi connectivity index (χ4n) is 2.25. The fraction of sp³-hybridized carbons (Fsp3) is 0.222. The number of rotatable bonds is 7. The average Bonchev–Trinajstić information content (AvgIpc) is 2.64. The van der Waals surface area contributed by atoms with E-state index in [9.17, 15) is 19.7 Å². The molecule has 1 atom stereocenters. The number of amides is 1. The van der Waals surface area contributed by atoms with Gasteiger partial charge in [-0.15, -0.1) is 0 Å². The highest BCUT2D eigenvalue weighted by molar-refractivity contribution is 6.31. The Morgan fingerprint density at radius 3 is 2.58 bits per heavy atom. The van der Waals surface area contributed by atoms with Gasteiger partial charge in [-0.3, -0.25) is 14.9 Å². The van der Waals surface area contributed by atoms with Gasteiger partial charge in [0.2, 0.25) is 0 Å². The molecule has 2 aromatic rings. The Morgan fingerprint density at radius 1 is 1.23 bits per heavy atom. The second kappa shape index (κ2) is 8.96. The topological polar surface area (TPSA) is 98.5 Å². The van der Waals surface area contributed by atoms with Gasteiger partial charge in [-0.25, -0.2) is 4.79 Å². The van der Waals surface area contributed by atoms with Gasteiger partial charge in [-0.1, -0.05) is 48.9 Å². The number of nitrogens with one attached hydrogen (secondary N) is 1. The molecule has 7 nitrogen and oxygen atoms in total. The predicted molar refractivity (Wildman–Crippen MR) is 96.3 cm³/mol. The molecule has 0 bridgehead atoms. The second-order valence-corrected chi connectivity index (χ2v) is 6.05. The van der Waals surface area contributed by atoms with E-state index in [0.29, 0.717) is 6.54 Å². The van der Waals surface area contributed by atoms with E-state index in [1.807, 2.05) is 37.3 Å². The minimum Gasteiger partial charge on any atom is -0.452 e. The maximum atomic E-state index is 12.0. The summed E-state index contributed by atoms with van der Waals surface area (Å²) in [5.41, 5.74) is 0.340. The third-order valence-electron chi connectivity index (χ3n) is 3.68. The Hall–Kier alpha value is -2.93. The molecular formula is C18H17ClN2O5. The summed E-state index contributed by atoms with van der Waals surface area (Å²) in [5, 5.41) is 13.8. The Morgan fingerprint density at radius 2 is 1.92 bits per heavy atom. The van der Waals surface area contributed by atoms with Crippen molar-refractivity contribution in [3.63, 3.8) is 0 Å². The summed E-state index contributed by atoms with van der Waals surface area (Å²) in [6.45, 7) is 1.81. The molecule has 136 valence electrons. The molecule has 1 N–H and O–H groups in total. The zero-order valence-corrected chi connectivity index (χ0v) is 14.7. The Balaban J connectivity index is 1.87. The quantitative estimate of drug-likeness (QED) is 0.454. The van der Waals surface area contributed by atoms with Gasteiger partial charge in [-0.05, 0) is 23.6 Å². The van der Waals surface area contributed by atoms with Crippen LogP contribution in [0.5, 0.6) is 0 Å². The van der Waals surface area contributed by atoms with Gasteiger partial charge in [0.25, 0.3) is 11.6 Å². The minimum atomic E-state index is -0.959. The molecule has 8 heteroatoms. The van der Waals surface area contributed by atoms with E-state index in [1.54, 1.807) is 0 Å². The first-order valence-corrected chi connectivity index (χ1v) is 8.19. The van der Waals surface area contributed by atoms with Crippen LogP contribution < -0.4 is 5.32 Å². The molecule has 0 saturated heterocycles. The molecule has 26 heavy (non-hydrogen) atoms. The van der Waals surface area contributed by atoms with Crippen LogP contribution in [-0.2, 0) is 9.53 Å². The van der Waals surface area contributed by atoms with Crippen molar-refractivity contribution in [3.8, 4) is 0 Å². The molecule has 0 aromatic heterocycles. The lowest BCUT2D eigenvalue weighted by Crippen LogP contribution is -2.31. The van der Waals surface area contributed by atoms with Crippen LogP contribution >= 0.6 is 11.6 Å². The summed E-state index contributed by atoms with van der Waals surface area (Å²) in [6.07, 6.45) is 0. The van der Waals surface area contributed by atoms with Gasteiger partial charge in [0.1, 0.15) is 5.56 Å². The van der Waals surface area contributed by atoms with Crippen molar-refractivity contribution < 1.29 is 19.2 Å². The summed E-state index contributed by atoms with van der Waals surface area (Å²) in [6, 6.07) is 13.2. The van der Waals surface area contributed by atoms with E-state index in [1.165, 1.54) is 12.1 Å². The van der Waals surface area contributed by atoms with Gasteiger partial charge in [-0.2, -0.15) is 0 Å². The lowest BCUT2D eigenvalue weighted by Gasteiger charge is -2.13. The number of nitro groups is 1. The van der Waals surface area contributed by atoms with Crippen molar-refractivity contribution in [3.05, 3.63) is 74.8 Å². The van der Waals surface area contributed by atoms with Crippen molar-refractivity contribution >= 4 is 29.2 Å². The molecule has 0 heterocycles. The van der Waals surface area contributed by atoms with E-state index in [4.69, 9.17) is 16.3 Å². The summed E-state index contributed by atoms with van der Waals surface area (Å²) in [4.78, 5) is 34.1. The van der Waals surface area contributed by atoms with Crippen LogP contribution in [-0.4, -0.2) is 30.0 Å². The first-order valence-electron chi connectivity index (χ1n) is 7.81. The van der Waals surface area contributed by atoms with Gasteiger partial charge >= 0.3 is 5.97 Å². The van der Waals surface area contributed by atoms with Crippen LogP contribution in [0.25, 0.3) is 0 Å². The number of carbonyl (C=O) groups excluding carboxylic acids is 2. The zero-order chi connectivity index (χ0) is 19.1. The second-order valence-electron chi connectivity index (χ2n) is 5.61. The molecule has 0 aliphatic rings. The number of benzene rings is 2. The molecule has 0 aliphatic carbocycles. The SMILES string of the molecule is C[C@@H](CNC(=O)COC(=O)c1ccc(Cl)cc1[N+](=O)[O-])c1ccccc1. The van der Waals surface area contributed by atoms with Crippen molar-refractivity contribution in [1.29, 1.82) is 0 Å². The third kappa shape index (κ3) is 5.29. The normalized spacial score (nSPS) is 11.5. The number of hydrogen-bond donors (Lipinski definition) is 1. The van der Waals surface area contributed by atoms with Crippen LogP contribution in [0.3, 0.4) is 0 Å². The van der Waals surface area contributed by atoms with Gasteiger partial charge in [0, 0.05) is 17.6 Å². The number of nitrogens with zero attached hydrogens (tertiary/aromatic N) is 1. The predicted octanol–water partition coefficient (Wildman–Crippen LogP) is 3.32. The zero-order valence-electron chi connectivity index (χ0n) is 14.0. The fourth-order valence-corrected chi connectivity index (χ4v) is 2.42. The number of esters is 1. The number of ether oxygens (including phenoxy) is 1. The van der Waals surface area contributed by atoms with E-state index in [0.717, 1.165) is 11.6 Å². The molecule has 2 rings (SSSR count). The third-order valence-corrected chi connectivity index (χ3v) is 3.92. The minimum absolute atomic E-state index is 0.0909. The Bertz CT molecular complexity index is 810. The van der Waals surface area contributed by atoms with Crippen LogP contribution in [0.1, 0.15) is 28.8 Å². The lowest BCUT2D eigenvalue weighted by molar-refractivity contribution is -0.385. The van der Waals surface area contributed by atoms with Crippen LogP contribution in [0.15, 0.2) is 48.5 Å². The van der Waals surface area contributed by atoms with Gasteiger partial charge in [0.15, 0.2) is 6.61 Å². The van der Waals surface area contributed by atoms with E-state index >= 15 is 0 Å². The molecule has 0 saturated carbocycles. The molecule has 1 amide bonds. The molecule has 0 aliphatic heterocycles. The first kappa shape index (κ1) is 19.4. The number of hydrogen-bond acceptors (Lipinski definition) is 5. The number of halogens is 1. The monoisotopic (exact) mass is 376 g/mol. The smallest absolute Gasteiger partial charge is 0.345 e. The van der Waals surface area contributed by atoms with Crippen molar-refractivity contribution in [2.45, 2.75) is 12.8 Å². The Labute approximate surface area is 155 Å². The lowest BCUT2D eigenvalue weighted by atomic mass is 10.0. The average molecular weight is 377 g/mol. The molecule has 0 fully saturated rings. The Kier molecular flexibility index (Phi) is 6.68. The summed E-state index contributed by atoms with van der Waals surface area (Å²) < 4.78 is 4.86. The van der Waals surface area contributed by atoms with Crippen molar-refractivity contribution in [1.82, 2.24) is 5.32 Å². The molecule has 0 unspecified atom stereocenters. The number of nitro benzene ring substituents is 1. The van der Waals surface area contributed by atoms with Crippen LogP contribution in [0.4, 0.5) is 5.69 Å². The van der Waals surface area contributed by atoms with Gasteiger partial charge < -0.3 is 10.1 Å². The van der Waals surface area contributed by atoms with Crippen LogP contribution in [0, 0.1) is 10.1 Å². The van der Waals surface area contributed by atoms with E-state index < -0.39 is 29.1 Å². The van der Waals surface area contributed by atoms with Gasteiger partial charge in [0.05, 0.1) is 4.92 Å². The highest BCUT2D eigenvalue weighted by Crippen LogP contribution is 2.23. The summed E-state index contributed by atoms with van der Waals surface area (Å²) in [7, 11) is 0. The highest BCUT2D eigenvalue weighted by atomic mass is 35.5. The summed E-state index contributed by atoms with van der Waals surface area (Å²) >= 11 is 5.69. The summed E-state index contributed by atoms with van der Waals surface area (Å²) in [5.74, 6) is -1.36. The van der Waals surface area contributed by atoms with Crippen molar-refractivity contribution in [2.75, 3.05) is 13.2 Å². The highest BCUT2D eigenvalue weighted by Gasteiger charge is 2.22. The molecular weight excluding hydrogens is 360 g/mol. The molecule has 2 aromatic carbocycles. The largest absolute Gasteiger partial charge is 0.452 e. The van der Waals surface area contributed by atoms with E-state index in [-0.39, 0.29) is 16.5 Å². The van der Waals surface area contributed by atoms with E-state index in [2.05, 4.69) is 5.32 Å².